The van der Waals surface area contributed by atoms with Crippen LogP contribution in [0.1, 0.15) is 25.0 Å². The van der Waals surface area contributed by atoms with Crippen LogP contribution in [-0.2, 0) is 22.9 Å². The first-order valence-corrected chi connectivity index (χ1v) is 17.1. The van der Waals surface area contributed by atoms with Crippen molar-refractivity contribution >= 4 is 47.4 Å². The molecule has 1 N–H and O–H groups in total. The van der Waals surface area contributed by atoms with Gasteiger partial charge in [-0.05, 0) is 74.5 Å². The van der Waals surface area contributed by atoms with Crippen molar-refractivity contribution in [1.82, 2.24) is 19.6 Å². The Morgan fingerprint density at radius 1 is 0.750 bits per heavy atom. The zero-order chi connectivity index (χ0) is 31.9. The molecule has 0 amide bonds. The molecular formula is C32H31Br2N5O4S. The molecule has 5 rings (SSSR count). The molecule has 0 atom stereocenters. The number of aromatic nitrogens is 4. The summed E-state index contributed by atoms with van der Waals surface area (Å²) in [6, 6.07) is 25.9. The maximum absolute atomic E-state index is 13.1. The standard InChI is InChI=1S/C21H23N3O3S.C11H8Br2N2O/c1-15(2)23-20-19(17-9-11-18(12-10-17)28(3,26)27)13-22-24(21(20)25)14-16-7-5-4-6-8-16;12-9-6-14-15(11(16)10(9)13)7-8-4-2-1-3-5-8/h4-13,15,23H,14H2,1-3H3;1-6H,7H2. The summed E-state index contributed by atoms with van der Waals surface area (Å²) in [6.07, 6.45) is 4.42. The summed E-state index contributed by atoms with van der Waals surface area (Å²) in [5.74, 6) is 0. The molecular weight excluding hydrogens is 710 g/mol. The van der Waals surface area contributed by atoms with Crippen LogP contribution < -0.4 is 16.4 Å². The van der Waals surface area contributed by atoms with Crippen molar-refractivity contribution in [1.29, 1.82) is 0 Å². The van der Waals surface area contributed by atoms with Crippen molar-refractivity contribution in [3.8, 4) is 11.1 Å². The van der Waals surface area contributed by atoms with Gasteiger partial charge in [-0.3, -0.25) is 9.59 Å². The summed E-state index contributed by atoms with van der Waals surface area (Å²) in [6.45, 7) is 4.77. The third kappa shape index (κ3) is 8.61. The van der Waals surface area contributed by atoms with Crippen LogP contribution >= 0.6 is 31.9 Å². The van der Waals surface area contributed by atoms with Crippen LogP contribution in [0.3, 0.4) is 0 Å². The molecule has 0 aliphatic rings. The lowest BCUT2D eigenvalue weighted by Gasteiger charge is -2.16. The number of benzene rings is 3. The van der Waals surface area contributed by atoms with E-state index in [1.54, 1.807) is 36.7 Å². The van der Waals surface area contributed by atoms with Crippen LogP contribution in [0.5, 0.6) is 0 Å². The van der Waals surface area contributed by atoms with E-state index >= 15 is 0 Å². The first kappa shape index (κ1) is 33.0. The van der Waals surface area contributed by atoms with Crippen LogP contribution in [-0.4, -0.2) is 40.3 Å². The van der Waals surface area contributed by atoms with Gasteiger partial charge < -0.3 is 5.32 Å². The Balaban J connectivity index is 0.000000233. The summed E-state index contributed by atoms with van der Waals surface area (Å²) in [4.78, 5) is 25.1. The Morgan fingerprint density at radius 2 is 1.25 bits per heavy atom. The number of anilines is 1. The number of nitrogens with one attached hydrogen (secondary N) is 1. The minimum atomic E-state index is -3.28. The SMILES string of the molecule is CC(C)Nc1c(-c2ccc(S(C)(=O)=O)cc2)cnn(Cc2ccccc2)c1=O.O=c1c(Br)c(Br)cnn1Cc1ccccc1. The minimum Gasteiger partial charge on any atom is -0.378 e. The van der Waals surface area contributed by atoms with Gasteiger partial charge in [0.1, 0.15) is 10.2 Å². The maximum atomic E-state index is 13.1. The van der Waals surface area contributed by atoms with Crippen LogP contribution in [0.2, 0.25) is 0 Å². The summed E-state index contributed by atoms with van der Waals surface area (Å²) in [7, 11) is -3.28. The second-order valence-electron chi connectivity index (χ2n) is 10.2. The molecule has 0 spiro atoms. The Kier molecular flexibility index (Phi) is 11.1. The highest BCUT2D eigenvalue weighted by atomic mass is 79.9. The fraction of sp³-hybridized carbons (Fsp3) is 0.188. The molecule has 5 aromatic rings. The fourth-order valence-corrected chi connectivity index (χ4v) is 5.40. The molecule has 0 unspecified atom stereocenters. The third-order valence-corrected chi connectivity index (χ3v) is 9.39. The second-order valence-corrected chi connectivity index (χ2v) is 13.9. The Hall–Kier alpha value is -3.87. The number of rotatable bonds is 8. The van der Waals surface area contributed by atoms with E-state index in [2.05, 4.69) is 47.4 Å². The van der Waals surface area contributed by atoms with E-state index in [9.17, 15) is 18.0 Å². The van der Waals surface area contributed by atoms with Gasteiger partial charge in [-0.25, -0.2) is 17.8 Å². The molecule has 0 fully saturated rings. The van der Waals surface area contributed by atoms with Crippen molar-refractivity contribution in [2.24, 2.45) is 0 Å². The number of sulfone groups is 1. The zero-order valence-electron chi connectivity index (χ0n) is 24.3. The highest BCUT2D eigenvalue weighted by Crippen LogP contribution is 2.26. The molecule has 3 aromatic carbocycles. The predicted octanol–water partition coefficient (Wildman–Crippen LogP) is 6.00. The first-order valence-electron chi connectivity index (χ1n) is 13.6. The van der Waals surface area contributed by atoms with Gasteiger partial charge in [-0.1, -0.05) is 72.8 Å². The lowest BCUT2D eigenvalue weighted by molar-refractivity contribution is 0.602. The van der Waals surface area contributed by atoms with Crippen molar-refractivity contribution in [3.05, 3.63) is 138 Å². The minimum absolute atomic E-state index is 0.0503. The average molecular weight is 742 g/mol. The first-order chi connectivity index (χ1) is 20.9. The van der Waals surface area contributed by atoms with Crippen LogP contribution in [0.25, 0.3) is 11.1 Å². The Morgan fingerprint density at radius 3 is 1.75 bits per heavy atom. The summed E-state index contributed by atoms with van der Waals surface area (Å²) in [5.41, 5.74) is 3.49. The molecule has 0 radical (unpaired) electrons. The number of nitrogens with zero attached hydrogens (tertiary/aromatic N) is 4. The van der Waals surface area contributed by atoms with Gasteiger partial charge in [0, 0.05) is 17.9 Å². The van der Waals surface area contributed by atoms with E-state index in [1.165, 1.54) is 15.6 Å². The van der Waals surface area contributed by atoms with E-state index in [0.29, 0.717) is 33.3 Å². The lowest BCUT2D eigenvalue weighted by Crippen LogP contribution is -2.28. The van der Waals surface area contributed by atoms with E-state index in [-0.39, 0.29) is 22.1 Å². The molecule has 0 aliphatic carbocycles. The highest BCUT2D eigenvalue weighted by molar-refractivity contribution is 9.13. The van der Waals surface area contributed by atoms with Gasteiger partial charge in [0.2, 0.25) is 0 Å². The molecule has 2 aromatic heterocycles. The number of hydrogen-bond acceptors (Lipinski definition) is 7. The molecule has 12 heteroatoms. The molecule has 2 heterocycles. The largest absolute Gasteiger partial charge is 0.378 e. The average Bonchev–Trinajstić information content (AvgIpc) is 3.00. The fourth-order valence-electron chi connectivity index (χ4n) is 4.20. The molecule has 0 bridgehead atoms. The van der Waals surface area contributed by atoms with E-state index in [1.807, 2.05) is 74.5 Å². The molecule has 0 aliphatic heterocycles. The van der Waals surface area contributed by atoms with Gasteiger partial charge >= 0.3 is 0 Å². The lowest BCUT2D eigenvalue weighted by atomic mass is 10.1. The van der Waals surface area contributed by atoms with Crippen molar-refractivity contribution in [2.45, 2.75) is 37.9 Å². The van der Waals surface area contributed by atoms with E-state index in [4.69, 9.17) is 0 Å². The predicted molar refractivity (Wildman–Crippen MR) is 181 cm³/mol. The topological polar surface area (TPSA) is 116 Å². The van der Waals surface area contributed by atoms with Gasteiger partial charge in [0.15, 0.2) is 9.84 Å². The van der Waals surface area contributed by atoms with Crippen molar-refractivity contribution < 1.29 is 8.42 Å². The molecule has 0 saturated carbocycles. The number of halogens is 2. The van der Waals surface area contributed by atoms with Gasteiger partial charge in [0.05, 0.1) is 34.9 Å². The zero-order valence-corrected chi connectivity index (χ0v) is 28.3. The quantitative estimate of drug-likeness (QED) is 0.208. The molecule has 44 heavy (non-hydrogen) atoms. The second kappa shape index (κ2) is 14.7. The van der Waals surface area contributed by atoms with E-state index in [0.717, 1.165) is 16.7 Å². The monoisotopic (exact) mass is 739 g/mol. The Bertz CT molecular complexity index is 1950. The van der Waals surface area contributed by atoms with Gasteiger partial charge in [0.25, 0.3) is 11.1 Å². The summed E-state index contributed by atoms with van der Waals surface area (Å²) < 4.78 is 27.4. The summed E-state index contributed by atoms with van der Waals surface area (Å²) >= 11 is 6.47. The van der Waals surface area contributed by atoms with Gasteiger partial charge in [-0.15, -0.1) is 0 Å². The van der Waals surface area contributed by atoms with Crippen molar-refractivity contribution in [2.75, 3.05) is 11.6 Å². The normalized spacial score (nSPS) is 11.1. The molecule has 228 valence electrons. The van der Waals surface area contributed by atoms with Crippen LogP contribution in [0.4, 0.5) is 5.69 Å². The van der Waals surface area contributed by atoms with Crippen molar-refractivity contribution in [3.63, 3.8) is 0 Å². The number of hydrogen-bond donors (Lipinski definition) is 1. The third-order valence-electron chi connectivity index (χ3n) is 6.36. The maximum Gasteiger partial charge on any atom is 0.291 e. The smallest absolute Gasteiger partial charge is 0.291 e. The Labute approximate surface area is 272 Å². The molecule has 9 nitrogen and oxygen atoms in total. The van der Waals surface area contributed by atoms with E-state index < -0.39 is 9.84 Å². The summed E-state index contributed by atoms with van der Waals surface area (Å²) in [5, 5.41) is 11.6. The van der Waals surface area contributed by atoms with Crippen LogP contribution in [0, 0.1) is 0 Å². The van der Waals surface area contributed by atoms with Gasteiger partial charge in [-0.2, -0.15) is 10.2 Å². The highest BCUT2D eigenvalue weighted by Gasteiger charge is 2.15. The van der Waals surface area contributed by atoms with Crippen LogP contribution in [0.15, 0.2) is 121 Å². The molecule has 0 saturated heterocycles.